The molecule has 1 aliphatic rings. The second kappa shape index (κ2) is 7.09. The van der Waals surface area contributed by atoms with Crippen molar-refractivity contribution in [3.8, 4) is 0 Å². The van der Waals surface area contributed by atoms with Gasteiger partial charge in [0.2, 0.25) is 5.91 Å². The van der Waals surface area contributed by atoms with E-state index in [0.717, 1.165) is 31.6 Å². The van der Waals surface area contributed by atoms with Crippen LogP contribution in [0.3, 0.4) is 0 Å². The molecule has 1 atom stereocenters. The Morgan fingerprint density at radius 3 is 2.20 bits per heavy atom. The zero-order valence-electron chi connectivity index (χ0n) is 13.2. The summed E-state index contributed by atoms with van der Waals surface area (Å²) >= 11 is 0. The lowest BCUT2D eigenvalue weighted by Crippen LogP contribution is -2.53. The van der Waals surface area contributed by atoms with Crippen LogP contribution in [0.1, 0.15) is 66.2 Å². The monoisotopic (exact) mass is 283 g/mol. The summed E-state index contributed by atoms with van der Waals surface area (Å²) in [7, 11) is 0. The average Bonchev–Trinajstić information content (AvgIpc) is 2.37. The number of nitrogens with one attached hydrogen (secondary N) is 1. The first-order chi connectivity index (χ1) is 9.28. The summed E-state index contributed by atoms with van der Waals surface area (Å²) in [5.41, 5.74) is -0.662. The van der Waals surface area contributed by atoms with Gasteiger partial charge in [0.15, 0.2) is 0 Å². The highest BCUT2D eigenvalue weighted by Crippen LogP contribution is 2.31. The summed E-state index contributed by atoms with van der Waals surface area (Å²) in [6, 6.07) is 0. The molecule has 0 aliphatic heterocycles. The van der Waals surface area contributed by atoms with E-state index in [1.165, 1.54) is 6.42 Å². The van der Waals surface area contributed by atoms with E-state index >= 15 is 0 Å². The van der Waals surface area contributed by atoms with E-state index in [1.807, 2.05) is 20.8 Å². The van der Waals surface area contributed by atoms with Crippen LogP contribution in [0, 0.1) is 17.8 Å². The maximum absolute atomic E-state index is 12.4. The average molecular weight is 283 g/mol. The van der Waals surface area contributed by atoms with Crippen molar-refractivity contribution in [2.45, 2.75) is 71.8 Å². The Morgan fingerprint density at radius 2 is 1.80 bits per heavy atom. The number of carbonyl (C=O) groups is 2. The van der Waals surface area contributed by atoms with E-state index in [9.17, 15) is 9.59 Å². The van der Waals surface area contributed by atoms with E-state index < -0.39 is 11.5 Å². The summed E-state index contributed by atoms with van der Waals surface area (Å²) < 4.78 is 0. The Hall–Kier alpha value is -1.06. The molecular formula is C16H29NO3. The van der Waals surface area contributed by atoms with Gasteiger partial charge in [-0.1, -0.05) is 27.2 Å². The SMILES string of the molecule is CCC1CCC(C(=O)NC(C)(CC(=O)O)C(C)C)CC1. The second-order valence-electron chi connectivity index (χ2n) is 6.76. The number of carboxylic acids is 1. The molecule has 1 amide bonds. The van der Waals surface area contributed by atoms with Gasteiger partial charge in [0.1, 0.15) is 0 Å². The molecule has 1 rings (SSSR count). The Labute approximate surface area is 122 Å². The van der Waals surface area contributed by atoms with Crippen LogP contribution in [0.2, 0.25) is 0 Å². The van der Waals surface area contributed by atoms with Crippen LogP contribution in [0.5, 0.6) is 0 Å². The number of aliphatic carboxylic acids is 1. The van der Waals surface area contributed by atoms with Crippen molar-refractivity contribution in [1.29, 1.82) is 0 Å². The largest absolute Gasteiger partial charge is 0.481 e. The van der Waals surface area contributed by atoms with Gasteiger partial charge in [0, 0.05) is 11.5 Å². The van der Waals surface area contributed by atoms with Gasteiger partial charge in [-0.3, -0.25) is 9.59 Å². The maximum atomic E-state index is 12.4. The molecule has 1 unspecified atom stereocenters. The molecule has 0 heterocycles. The number of carboxylic acid groups (broad SMARTS) is 1. The Morgan fingerprint density at radius 1 is 1.25 bits per heavy atom. The van der Waals surface area contributed by atoms with Crippen molar-refractivity contribution in [1.82, 2.24) is 5.32 Å². The lowest BCUT2D eigenvalue weighted by Gasteiger charge is -2.36. The minimum absolute atomic E-state index is 0.0271. The highest BCUT2D eigenvalue weighted by atomic mass is 16.4. The first-order valence-electron chi connectivity index (χ1n) is 7.82. The molecular weight excluding hydrogens is 254 g/mol. The van der Waals surface area contributed by atoms with Gasteiger partial charge in [-0.2, -0.15) is 0 Å². The van der Waals surface area contributed by atoms with Gasteiger partial charge in [0.05, 0.1) is 6.42 Å². The van der Waals surface area contributed by atoms with Gasteiger partial charge < -0.3 is 10.4 Å². The first kappa shape index (κ1) is 17.0. The molecule has 0 aromatic carbocycles. The van der Waals surface area contributed by atoms with E-state index in [2.05, 4.69) is 12.2 Å². The fraction of sp³-hybridized carbons (Fsp3) is 0.875. The van der Waals surface area contributed by atoms with Crippen LogP contribution in [0.25, 0.3) is 0 Å². The van der Waals surface area contributed by atoms with Crippen molar-refractivity contribution in [3.05, 3.63) is 0 Å². The number of rotatable bonds is 6. The number of amides is 1. The van der Waals surface area contributed by atoms with Gasteiger partial charge in [-0.25, -0.2) is 0 Å². The highest BCUT2D eigenvalue weighted by Gasteiger charge is 2.35. The predicted octanol–water partition coefficient (Wildman–Crippen LogP) is 3.21. The van der Waals surface area contributed by atoms with Gasteiger partial charge in [0.25, 0.3) is 0 Å². The zero-order valence-corrected chi connectivity index (χ0v) is 13.2. The summed E-state index contributed by atoms with van der Waals surface area (Å²) in [6.45, 7) is 7.95. The van der Waals surface area contributed by atoms with E-state index in [4.69, 9.17) is 5.11 Å². The Balaban J connectivity index is 2.61. The minimum atomic E-state index is -0.865. The molecule has 0 bridgehead atoms. The van der Waals surface area contributed by atoms with Crippen molar-refractivity contribution in [2.24, 2.45) is 17.8 Å². The minimum Gasteiger partial charge on any atom is -0.481 e. The molecule has 0 aromatic rings. The Bertz CT molecular complexity index is 346. The fourth-order valence-corrected chi connectivity index (χ4v) is 2.92. The standard InChI is InChI=1S/C16H29NO3/c1-5-12-6-8-13(9-7-12)15(20)17-16(4,11(2)3)10-14(18)19/h11-13H,5-10H2,1-4H3,(H,17,20)(H,18,19). The molecule has 1 aliphatic carbocycles. The van der Waals surface area contributed by atoms with Gasteiger partial charge >= 0.3 is 5.97 Å². The quantitative estimate of drug-likeness (QED) is 0.786. The number of carbonyl (C=O) groups excluding carboxylic acids is 1. The summed E-state index contributed by atoms with van der Waals surface area (Å²) in [6.07, 6.45) is 5.27. The van der Waals surface area contributed by atoms with Gasteiger partial charge in [-0.05, 0) is 44.4 Å². The molecule has 4 heteroatoms. The molecule has 20 heavy (non-hydrogen) atoms. The van der Waals surface area contributed by atoms with Gasteiger partial charge in [-0.15, -0.1) is 0 Å². The zero-order chi connectivity index (χ0) is 15.3. The lowest BCUT2D eigenvalue weighted by atomic mass is 9.79. The molecule has 1 fully saturated rings. The van der Waals surface area contributed by atoms with Crippen molar-refractivity contribution in [2.75, 3.05) is 0 Å². The molecule has 0 saturated heterocycles. The summed E-state index contributed by atoms with van der Waals surface area (Å²) in [5, 5.41) is 12.0. The van der Waals surface area contributed by atoms with Crippen molar-refractivity contribution in [3.63, 3.8) is 0 Å². The summed E-state index contributed by atoms with van der Waals surface area (Å²) in [4.78, 5) is 23.4. The predicted molar refractivity (Wildman–Crippen MR) is 79.4 cm³/mol. The molecule has 0 radical (unpaired) electrons. The fourth-order valence-electron chi connectivity index (χ4n) is 2.92. The topological polar surface area (TPSA) is 66.4 Å². The number of hydrogen-bond donors (Lipinski definition) is 2. The van der Waals surface area contributed by atoms with Crippen LogP contribution in [0.4, 0.5) is 0 Å². The molecule has 0 aromatic heterocycles. The smallest absolute Gasteiger partial charge is 0.305 e. The molecule has 116 valence electrons. The third kappa shape index (κ3) is 4.50. The molecule has 0 spiro atoms. The van der Waals surface area contributed by atoms with E-state index in [-0.39, 0.29) is 24.2 Å². The van der Waals surface area contributed by atoms with Crippen LogP contribution in [-0.4, -0.2) is 22.5 Å². The Kier molecular flexibility index (Phi) is 6.03. The van der Waals surface area contributed by atoms with Crippen LogP contribution in [0.15, 0.2) is 0 Å². The van der Waals surface area contributed by atoms with Crippen LogP contribution < -0.4 is 5.32 Å². The van der Waals surface area contributed by atoms with Crippen LogP contribution >= 0.6 is 0 Å². The second-order valence-corrected chi connectivity index (χ2v) is 6.76. The lowest BCUT2D eigenvalue weighted by molar-refractivity contribution is -0.140. The van der Waals surface area contributed by atoms with Crippen LogP contribution in [-0.2, 0) is 9.59 Å². The highest BCUT2D eigenvalue weighted by molar-refractivity contribution is 5.80. The first-order valence-corrected chi connectivity index (χ1v) is 7.82. The molecule has 1 saturated carbocycles. The van der Waals surface area contributed by atoms with Crippen molar-refractivity contribution >= 4 is 11.9 Å². The summed E-state index contributed by atoms with van der Waals surface area (Å²) in [5.74, 6) is 0.0851. The van der Waals surface area contributed by atoms with E-state index in [1.54, 1.807) is 0 Å². The molecule has 2 N–H and O–H groups in total. The number of hydrogen-bond acceptors (Lipinski definition) is 2. The third-order valence-electron chi connectivity index (χ3n) is 5.00. The normalized spacial score (nSPS) is 26.1. The van der Waals surface area contributed by atoms with Crippen molar-refractivity contribution < 1.29 is 14.7 Å². The molecule has 4 nitrogen and oxygen atoms in total. The maximum Gasteiger partial charge on any atom is 0.305 e. The third-order valence-corrected chi connectivity index (χ3v) is 5.00. The van der Waals surface area contributed by atoms with E-state index in [0.29, 0.717) is 0 Å².